The second kappa shape index (κ2) is 7.90. The number of hydrogen-bond donors (Lipinski definition) is 1. The van der Waals surface area contributed by atoms with Gasteiger partial charge in [-0.1, -0.05) is 24.3 Å². The normalized spacial score (nSPS) is 14.9. The lowest BCUT2D eigenvalue weighted by atomic mass is 9.95. The van der Waals surface area contributed by atoms with Crippen LogP contribution in [0.25, 0.3) is 11.0 Å². The molecule has 8 heteroatoms. The molecule has 0 saturated carbocycles. The summed E-state index contributed by atoms with van der Waals surface area (Å²) in [6.07, 6.45) is 1.33. The first kappa shape index (κ1) is 18.9. The third-order valence-electron chi connectivity index (χ3n) is 5.59. The number of piperidine rings is 1. The Bertz CT molecular complexity index is 1050. The van der Waals surface area contributed by atoms with Gasteiger partial charge in [-0.15, -0.1) is 0 Å². The van der Waals surface area contributed by atoms with E-state index in [-0.39, 0.29) is 22.4 Å². The van der Waals surface area contributed by atoms with Crippen LogP contribution in [0.5, 0.6) is 0 Å². The van der Waals surface area contributed by atoms with Gasteiger partial charge in [-0.25, -0.2) is 4.98 Å². The van der Waals surface area contributed by atoms with Crippen molar-refractivity contribution >= 4 is 28.3 Å². The molecule has 0 spiro atoms. The van der Waals surface area contributed by atoms with Crippen molar-refractivity contribution in [1.29, 1.82) is 0 Å². The van der Waals surface area contributed by atoms with E-state index in [0.29, 0.717) is 38.2 Å². The number of carbonyl (C=O) groups excluding carboxylic acids is 1. The minimum atomic E-state index is -0.356. The number of benzene rings is 2. The summed E-state index contributed by atoms with van der Waals surface area (Å²) in [6, 6.07) is 14.6. The summed E-state index contributed by atoms with van der Waals surface area (Å²) in [5, 5.41) is 14.3. The Hall–Kier alpha value is -3.42. The molecule has 1 N–H and O–H groups in total. The molecule has 0 radical (unpaired) electrons. The van der Waals surface area contributed by atoms with Crippen molar-refractivity contribution in [1.82, 2.24) is 14.9 Å². The fourth-order valence-corrected chi connectivity index (χ4v) is 3.93. The number of anilines is 1. The van der Waals surface area contributed by atoms with E-state index >= 15 is 0 Å². The molecule has 1 fully saturated rings. The highest BCUT2D eigenvalue weighted by atomic mass is 16.6. The number of aromatic nitrogens is 2. The Morgan fingerprint density at radius 1 is 1.17 bits per heavy atom. The second-order valence-corrected chi connectivity index (χ2v) is 7.30. The monoisotopic (exact) mass is 393 g/mol. The summed E-state index contributed by atoms with van der Waals surface area (Å²) in [6.45, 7) is 1.62. The number of nitrogens with one attached hydrogen (secondary N) is 1. The molecule has 8 nitrogen and oxygen atoms in total. The Morgan fingerprint density at radius 2 is 1.86 bits per heavy atom. The molecule has 1 aromatic heterocycles. The van der Waals surface area contributed by atoms with Crippen molar-refractivity contribution in [2.24, 2.45) is 13.0 Å². The van der Waals surface area contributed by atoms with Gasteiger partial charge in [0.15, 0.2) is 0 Å². The van der Waals surface area contributed by atoms with E-state index in [1.54, 1.807) is 18.2 Å². The van der Waals surface area contributed by atoms with Crippen molar-refractivity contribution in [2.45, 2.75) is 19.4 Å². The SMILES string of the molecule is Cn1c(CNC(=O)C2CCN(c3ccccc3[N+](=O)[O-])CC2)nc2ccccc21. The van der Waals surface area contributed by atoms with Gasteiger partial charge in [-0.2, -0.15) is 0 Å². The molecule has 1 amide bonds. The molecule has 1 aliphatic heterocycles. The van der Waals surface area contributed by atoms with Gasteiger partial charge in [0.2, 0.25) is 5.91 Å². The Labute approximate surface area is 168 Å². The summed E-state index contributed by atoms with van der Waals surface area (Å²) in [7, 11) is 1.95. The highest BCUT2D eigenvalue weighted by molar-refractivity contribution is 5.79. The number of rotatable bonds is 5. The number of carbonyl (C=O) groups is 1. The first-order valence-corrected chi connectivity index (χ1v) is 9.71. The van der Waals surface area contributed by atoms with Gasteiger partial charge in [-0.3, -0.25) is 14.9 Å². The molecule has 3 aromatic rings. The molecule has 2 heterocycles. The van der Waals surface area contributed by atoms with Crippen LogP contribution in [-0.4, -0.2) is 33.5 Å². The van der Waals surface area contributed by atoms with Crippen LogP contribution in [0.3, 0.4) is 0 Å². The number of nitrogens with zero attached hydrogens (tertiary/aromatic N) is 4. The summed E-state index contributed by atoms with van der Waals surface area (Å²) in [5.41, 5.74) is 2.68. The standard InChI is InChI=1S/C21H23N5O3/c1-24-17-7-3-2-6-16(17)23-20(24)14-22-21(27)15-10-12-25(13-11-15)18-8-4-5-9-19(18)26(28)29/h2-9,15H,10-14H2,1H3,(H,22,27). The van der Waals surface area contributed by atoms with E-state index in [1.807, 2.05) is 40.8 Å². The van der Waals surface area contributed by atoms with Gasteiger partial charge in [0.05, 0.1) is 22.5 Å². The Balaban J connectivity index is 1.36. The lowest BCUT2D eigenvalue weighted by Gasteiger charge is -2.32. The van der Waals surface area contributed by atoms with Gasteiger partial charge < -0.3 is 14.8 Å². The molecule has 0 bridgehead atoms. The number of hydrogen-bond acceptors (Lipinski definition) is 5. The number of aryl methyl sites for hydroxylation is 1. The van der Waals surface area contributed by atoms with Crippen LogP contribution < -0.4 is 10.2 Å². The maximum absolute atomic E-state index is 12.6. The fourth-order valence-electron chi connectivity index (χ4n) is 3.93. The van der Waals surface area contributed by atoms with E-state index in [4.69, 9.17) is 0 Å². The van der Waals surface area contributed by atoms with Crippen LogP contribution in [0.1, 0.15) is 18.7 Å². The van der Waals surface area contributed by atoms with Crippen LogP contribution in [0, 0.1) is 16.0 Å². The molecule has 0 aliphatic carbocycles. The first-order chi connectivity index (χ1) is 14.0. The number of nitro groups is 1. The highest BCUT2D eigenvalue weighted by Gasteiger charge is 2.28. The summed E-state index contributed by atoms with van der Waals surface area (Å²) in [4.78, 5) is 30.1. The minimum Gasteiger partial charge on any atom is -0.366 e. The Kier molecular flexibility index (Phi) is 5.16. The molecule has 1 aliphatic rings. The molecule has 29 heavy (non-hydrogen) atoms. The molecular weight excluding hydrogens is 370 g/mol. The lowest BCUT2D eigenvalue weighted by molar-refractivity contribution is -0.384. The molecule has 0 unspecified atom stereocenters. The summed E-state index contributed by atoms with van der Waals surface area (Å²) in [5.74, 6) is 0.736. The average Bonchev–Trinajstić information content (AvgIpc) is 3.08. The van der Waals surface area contributed by atoms with Crippen molar-refractivity contribution in [3.63, 3.8) is 0 Å². The van der Waals surface area contributed by atoms with Gasteiger partial charge >= 0.3 is 0 Å². The van der Waals surface area contributed by atoms with Crippen molar-refractivity contribution in [2.75, 3.05) is 18.0 Å². The smallest absolute Gasteiger partial charge is 0.292 e. The number of nitro benzene ring substituents is 1. The third kappa shape index (κ3) is 3.78. The van der Waals surface area contributed by atoms with Crippen molar-refractivity contribution < 1.29 is 9.72 Å². The predicted molar refractivity (Wildman–Crippen MR) is 111 cm³/mol. The van der Waals surface area contributed by atoms with Crippen LogP contribution in [0.4, 0.5) is 11.4 Å². The van der Waals surface area contributed by atoms with Crippen LogP contribution in [0.15, 0.2) is 48.5 Å². The van der Waals surface area contributed by atoms with Gasteiger partial charge in [0, 0.05) is 32.1 Å². The van der Waals surface area contributed by atoms with E-state index < -0.39 is 0 Å². The van der Waals surface area contributed by atoms with Crippen LogP contribution >= 0.6 is 0 Å². The van der Waals surface area contributed by atoms with Crippen molar-refractivity contribution in [3.8, 4) is 0 Å². The van der Waals surface area contributed by atoms with Gasteiger partial charge in [0.1, 0.15) is 11.5 Å². The second-order valence-electron chi connectivity index (χ2n) is 7.30. The maximum Gasteiger partial charge on any atom is 0.292 e. The largest absolute Gasteiger partial charge is 0.366 e. The summed E-state index contributed by atoms with van der Waals surface area (Å²) < 4.78 is 1.99. The van der Waals surface area contributed by atoms with Crippen LogP contribution in [-0.2, 0) is 18.4 Å². The predicted octanol–water partition coefficient (Wildman–Crippen LogP) is 3.01. The molecule has 2 aromatic carbocycles. The Morgan fingerprint density at radius 3 is 2.59 bits per heavy atom. The lowest BCUT2D eigenvalue weighted by Crippen LogP contribution is -2.40. The molecule has 4 rings (SSSR count). The topological polar surface area (TPSA) is 93.3 Å². The number of para-hydroxylation sites is 4. The zero-order valence-electron chi connectivity index (χ0n) is 16.2. The quantitative estimate of drug-likeness (QED) is 0.531. The molecule has 1 saturated heterocycles. The van der Waals surface area contributed by atoms with E-state index in [2.05, 4.69) is 10.3 Å². The third-order valence-corrected chi connectivity index (χ3v) is 5.59. The zero-order valence-corrected chi connectivity index (χ0v) is 16.2. The van der Waals surface area contributed by atoms with E-state index in [0.717, 1.165) is 16.9 Å². The number of amides is 1. The molecule has 150 valence electrons. The van der Waals surface area contributed by atoms with Gasteiger partial charge in [-0.05, 0) is 31.0 Å². The fraction of sp³-hybridized carbons (Fsp3) is 0.333. The van der Waals surface area contributed by atoms with Crippen molar-refractivity contribution in [3.05, 3.63) is 64.5 Å². The van der Waals surface area contributed by atoms with Crippen LogP contribution in [0.2, 0.25) is 0 Å². The maximum atomic E-state index is 12.6. The first-order valence-electron chi connectivity index (χ1n) is 9.71. The van der Waals surface area contributed by atoms with Gasteiger partial charge in [0.25, 0.3) is 5.69 Å². The average molecular weight is 393 g/mol. The molecule has 0 atom stereocenters. The number of fused-ring (bicyclic) bond motifs is 1. The van der Waals surface area contributed by atoms with E-state index in [1.165, 1.54) is 6.07 Å². The zero-order chi connectivity index (χ0) is 20.4. The summed E-state index contributed by atoms with van der Waals surface area (Å²) >= 11 is 0. The highest BCUT2D eigenvalue weighted by Crippen LogP contribution is 2.31. The minimum absolute atomic E-state index is 0.0132. The molecular formula is C21H23N5O3. The number of imidazole rings is 1. The van der Waals surface area contributed by atoms with E-state index in [9.17, 15) is 14.9 Å².